The van der Waals surface area contributed by atoms with Gasteiger partial charge in [-0.3, -0.25) is 0 Å². The fourth-order valence-electron chi connectivity index (χ4n) is 1.28. The molecule has 0 saturated carbocycles. The summed E-state index contributed by atoms with van der Waals surface area (Å²) in [6, 6.07) is 6.54. The molecule has 0 aliphatic rings. The van der Waals surface area contributed by atoms with Gasteiger partial charge in [-0.2, -0.15) is 5.26 Å². The molecule has 3 heteroatoms. The molecule has 0 fully saturated rings. The molecule has 1 aromatic carbocycles. The number of allylic oxidation sites excluding steroid dienone is 1. The lowest BCUT2D eigenvalue weighted by Crippen LogP contribution is -2.02. The summed E-state index contributed by atoms with van der Waals surface area (Å²) < 4.78 is 0. The highest BCUT2D eigenvalue weighted by Gasteiger charge is 2.13. The smallest absolute Gasteiger partial charge is 0.336 e. The van der Waals surface area contributed by atoms with Gasteiger partial charge in [-0.15, -0.1) is 0 Å². The van der Waals surface area contributed by atoms with Crippen LogP contribution in [-0.2, 0) is 0 Å². The quantitative estimate of drug-likeness (QED) is 0.772. The average Bonchev–Trinajstić information content (AvgIpc) is 2.16. The van der Waals surface area contributed by atoms with Crippen LogP contribution < -0.4 is 0 Å². The van der Waals surface area contributed by atoms with E-state index in [9.17, 15) is 4.79 Å². The molecule has 0 aliphatic heterocycles. The van der Waals surface area contributed by atoms with E-state index in [4.69, 9.17) is 10.4 Å². The Hall–Kier alpha value is -2.08. The minimum Gasteiger partial charge on any atom is -0.478 e. The van der Waals surface area contributed by atoms with Crippen molar-refractivity contribution in [1.82, 2.24) is 0 Å². The molecule has 0 bridgehead atoms. The van der Waals surface area contributed by atoms with Gasteiger partial charge in [-0.05, 0) is 24.6 Å². The number of hydrogen-bond acceptors (Lipinski definition) is 2. The zero-order chi connectivity index (χ0) is 10.7. The molecule has 0 saturated heterocycles. The molecule has 3 nitrogen and oxygen atoms in total. The second-order valence-electron chi connectivity index (χ2n) is 2.93. The van der Waals surface area contributed by atoms with E-state index in [2.05, 4.69) is 6.58 Å². The first-order valence-corrected chi connectivity index (χ1v) is 4.00. The first kappa shape index (κ1) is 10.0. The molecule has 0 heterocycles. The van der Waals surface area contributed by atoms with Crippen LogP contribution in [0.3, 0.4) is 0 Å². The topological polar surface area (TPSA) is 61.1 Å². The van der Waals surface area contributed by atoms with E-state index in [0.717, 1.165) is 0 Å². The number of nitrogens with zero attached hydrogens (tertiary/aromatic N) is 1. The second kappa shape index (κ2) is 3.75. The number of rotatable bonds is 2. The molecule has 0 radical (unpaired) electrons. The number of benzene rings is 1. The summed E-state index contributed by atoms with van der Waals surface area (Å²) in [6.07, 6.45) is 0. The molecule has 0 amide bonds. The van der Waals surface area contributed by atoms with Crippen LogP contribution in [0.25, 0.3) is 5.57 Å². The summed E-state index contributed by atoms with van der Waals surface area (Å²) in [5, 5.41) is 17.7. The largest absolute Gasteiger partial charge is 0.478 e. The van der Waals surface area contributed by atoms with Crippen molar-refractivity contribution in [3.63, 3.8) is 0 Å². The second-order valence-corrected chi connectivity index (χ2v) is 2.93. The van der Waals surface area contributed by atoms with Crippen molar-refractivity contribution in [2.24, 2.45) is 0 Å². The van der Waals surface area contributed by atoms with Gasteiger partial charge in [0, 0.05) is 5.56 Å². The maximum Gasteiger partial charge on any atom is 0.336 e. The lowest BCUT2D eigenvalue weighted by Gasteiger charge is -2.06. The molecule has 0 aliphatic carbocycles. The van der Waals surface area contributed by atoms with Crippen LogP contribution in [0.2, 0.25) is 0 Å². The predicted octanol–water partition coefficient (Wildman–Crippen LogP) is 2.29. The normalized spacial score (nSPS) is 9.14. The van der Waals surface area contributed by atoms with Crippen molar-refractivity contribution in [3.8, 4) is 6.07 Å². The van der Waals surface area contributed by atoms with Crippen LogP contribution in [0, 0.1) is 11.3 Å². The van der Waals surface area contributed by atoms with Crippen LogP contribution in [0.5, 0.6) is 0 Å². The summed E-state index contributed by atoms with van der Waals surface area (Å²) in [5.41, 5.74) is 1.47. The van der Waals surface area contributed by atoms with Gasteiger partial charge in [-0.25, -0.2) is 4.79 Å². The fourth-order valence-corrected chi connectivity index (χ4v) is 1.28. The maximum absolute atomic E-state index is 10.8. The Morgan fingerprint density at radius 1 is 1.57 bits per heavy atom. The van der Waals surface area contributed by atoms with E-state index >= 15 is 0 Å². The van der Waals surface area contributed by atoms with E-state index in [1.165, 1.54) is 6.07 Å². The first-order chi connectivity index (χ1) is 6.57. The van der Waals surface area contributed by atoms with Crippen LogP contribution in [0.15, 0.2) is 24.8 Å². The van der Waals surface area contributed by atoms with Crippen LogP contribution in [0.4, 0.5) is 0 Å². The van der Waals surface area contributed by atoms with E-state index in [1.807, 2.05) is 6.07 Å². The lowest BCUT2D eigenvalue weighted by molar-refractivity contribution is 0.0696. The molecule has 70 valence electrons. The standard InChI is InChI=1S/C11H9NO2/c1-7(2)10-8(6-12)4-3-5-9(10)11(13)14/h3-5H,1H2,2H3,(H,13,14). The Labute approximate surface area is 81.9 Å². The molecule has 1 aromatic rings. The molecular formula is C11H9NO2. The SMILES string of the molecule is C=C(C)c1c(C#N)cccc1C(=O)O. The van der Waals surface area contributed by atoms with Gasteiger partial charge in [0.2, 0.25) is 0 Å². The highest BCUT2D eigenvalue weighted by atomic mass is 16.4. The minimum absolute atomic E-state index is 0.122. The number of nitriles is 1. The molecule has 1 rings (SSSR count). The third kappa shape index (κ3) is 1.64. The van der Waals surface area contributed by atoms with Crippen molar-refractivity contribution in [2.45, 2.75) is 6.92 Å². The molecule has 0 aromatic heterocycles. The van der Waals surface area contributed by atoms with Gasteiger partial charge in [0.15, 0.2) is 0 Å². The number of carboxylic acids is 1. The highest BCUT2D eigenvalue weighted by molar-refractivity contribution is 5.95. The Morgan fingerprint density at radius 2 is 2.21 bits per heavy atom. The van der Waals surface area contributed by atoms with Crippen molar-refractivity contribution >= 4 is 11.5 Å². The van der Waals surface area contributed by atoms with Gasteiger partial charge in [-0.1, -0.05) is 12.6 Å². The van der Waals surface area contributed by atoms with Crippen molar-refractivity contribution in [2.75, 3.05) is 0 Å². The molecule has 0 atom stereocenters. The first-order valence-electron chi connectivity index (χ1n) is 4.00. The van der Waals surface area contributed by atoms with Gasteiger partial charge in [0.1, 0.15) is 0 Å². The Kier molecular flexibility index (Phi) is 2.68. The van der Waals surface area contributed by atoms with Gasteiger partial charge in [0.05, 0.1) is 17.2 Å². The third-order valence-electron chi connectivity index (χ3n) is 1.84. The summed E-state index contributed by atoms with van der Waals surface area (Å²) in [7, 11) is 0. The Bertz CT molecular complexity index is 441. The third-order valence-corrected chi connectivity index (χ3v) is 1.84. The van der Waals surface area contributed by atoms with Crippen molar-refractivity contribution in [3.05, 3.63) is 41.5 Å². The molecule has 1 N–H and O–H groups in total. The van der Waals surface area contributed by atoms with E-state index in [0.29, 0.717) is 16.7 Å². The highest BCUT2D eigenvalue weighted by Crippen LogP contribution is 2.21. The van der Waals surface area contributed by atoms with Gasteiger partial charge >= 0.3 is 5.97 Å². The summed E-state index contributed by atoms with van der Waals surface area (Å²) in [5.74, 6) is -1.04. The zero-order valence-corrected chi connectivity index (χ0v) is 7.74. The molecule has 0 unspecified atom stereocenters. The van der Waals surface area contributed by atoms with Gasteiger partial charge in [0.25, 0.3) is 0 Å². The predicted molar refractivity (Wildman–Crippen MR) is 52.8 cm³/mol. The van der Waals surface area contributed by atoms with Crippen LogP contribution >= 0.6 is 0 Å². The Morgan fingerprint density at radius 3 is 2.64 bits per heavy atom. The maximum atomic E-state index is 10.8. The molecule has 14 heavy (non-hydrogen) atoms. The molecular weight excluding hydrogens is 178 g/mol. The van der Waals surface area contributed by atoms with Crippen molar-refractivity contribution < 1.29 is 9.90 Å². The van der Waals surface area contributed by atoms with Crippen LogP contribution in [0.1, 0.15) is 28.4 Å². The van der Waals surface area contributed by atoms with E-state index in [-0.39, 0.29) is 5.56 Å². The number of hydrogen-bond donors (Lipinski definition) is 1. The average molecular weight is 187 g/mol. The molecule has 0 spiro atoms. The zero-order valence-electron chi connectivity index (χ0n) is 7.74. The summed E-state index contributed by atoms with van der Waals surface area (Å²) >= 11 is 0. The van der Waals surface area contributed by atoms with Crippen molar-refractivity contribution in [1.29, 1.82) is 5.26 Å². The van der Waals surface area contributed by atoms with Crippen LogP contribution in [-0.4, -0.2) is 11.1 Å². The van der Waals surface area contributed by atoms with E-state index < -0.39 is 5.97 Å². The monoisotopic (exact) mass is 187 g/mol. The van der Waals surface area contributed by atoms with Gasteiger partial charge < -0.3 is 5.11 Å². The summed E-state index contributed by atoms with van der Waals surface area (Å²) in [4.78, 5) is 10.8. The summed E-state index contributed by atoms with van der Waals surface area (Å²) in [6.45, 7) is 5.35. The lowest BCUT2D eigenvalue weighted by atomic mass is 9.97. The number of carboxylic acid groups (broad SMARTS) is 1. The number of carbonyl (C=O) groups is 1. The Balaban J connectivity index is 3.53. The minimum atomic E-state index is -1.04. The van der Waals surface area contributed by atoms with E-state index in [1.54, 1.807) is 19.1 Å². The number of aromatic carboxylic acids is 1. The fraction of sp³-hybridized carbons (Fsp3) is 0.0909.